The van der Waals surface area contributed by atoms with Gasteiger partial charge in [0.25, 0.3) is 5.91 Å². The van der Waals surface area contributed by atoms with E-state index < -0.39 is 0 Å². The first-order chi connectivity index (χ1) is 17.7. The molecule has 2 heterocycles. The van der Waals surface area contributed by atoms with Crippen molar-refractivity contribution in [3.63, 3.8) is 0 Å². The van der Waals surface area contributed by atoms with Gasteiger partial charge in [0.15, 0.2) is 0 Å². The minimum Gasteiger partial charge on any atom is -0.457 e. The van der Waals surface area contributed by atoms with Gasteiger partial charge in [-0.05, 0) is 66.7 Å². The molecule has 0 unspecified atom stereocenters. The SMILES string of the molecule is N#Cc1ccc(Oc2cccc(C(=O)NCc3cn(-c4ccccc4)nc3-c3ccncc3)c2)cc1. The highest BCUT2D eigenvalue weighted by Gasteiger charge is 2.14. The molecule has 0 aliphatic heterocycles. The molecular formula is C29H21N5O2. The Labute approximate surface area is 208 Å². The molecule has 3 aromatic carbocycles. The van der Waals surface area contributed by atoms with Crippen LogP contribution < -0.4 is 10.1 Å². The Morgan fingerprint density at radius 2 is 1.69 bits per heavy atom. The third kappa shape index (κ3) is 5.13. The lowest BCUT2D eigenvalue weighted by molar-refractivity contribution is 0.0950. The summed E-state index contributed by atoms with van der Waals surface area (Å²) in [4.78, 5) is 17.1. The van der Waals surface area contributed by atoms with Gasteiger partial charge in [-0.25, -0.2) is 4.68 Å². The predicted molar refractivity (Wildman–Crippen MR) is 136 cm³/mol. The smallest absolute Gasteiger partial charge is 0.251 e. The van der Waals surface area contributed by atoms with Crippen molar-refractivity contribution in [3.05, 3.63) is 126 Å². The Balaban J connectivity index is 1.34. The second-order valence-electron chi connectivity index (χ2n) is 7.97. The molecule has 174 valence electrons. The Hall–Kier alpha value is -5.22. The number of carbonyl (C=O) groups is 1. The second kappa shape index (κ2) is 10.4. The average molecular weight is 472 g/mol. The van der Waals surface area contributed by atoms with Crippen LogP contribution in [0.4, 0.5) is 0 Å². The van der Waals surface area contributed by atoms with Gasteiger partial charge in [-0.15, -0.1) is 0 Å². The van der Waals surface area contributed by atoms with E-state index in [1.807, 2.05) is 53.3 Å². The van der Waals surface area contributed by atoms with Gasteiger partial charge in [-0.1, -0.05) is 24.3 Å². The minimum atomic E-state index is -0.228. The Morgan fingerprint density at radius 1 is 0.917 bits per heavy atom. The van der Waals surface area contributed by atoms with Crippen molar-refractivity contribution in [2.75, 3.05) is 0 Å². The Morgan fingerprint density at radius 3 is 2.44 bits per heavy atom. The van der Waals surface area contributed by atoms with Crippen LogP contribution in [0, 0.1) is 11.3 Å². The largest absolute Gasteiger partial charge is 0.457 e. The number of rotatable bonds is 7. The van der Waals surface area contributed by atoms with E-state index in [1.54, 1.807) is 60.9 Å². The lowest BCUT2D eigenvalue weighted by Crippen LogP contribution is -2.22. The van der Waals surface area contributed by atoms with Gasteiger partial charge in [-0.3, -0.25) is 9.78 Å². The molecule has 0 bridgehead atoms. The molecule has 36 heavy (non-hydrogen) atoms. The third-order valence-electron chi connectivity index (χ3n) is 5.52. The lowest BCUT2D eigenvalue weighted by Gasteiger charge is -2.09. The van der Waals surface area contributed by atoms with Crippen LogP contribution >= 0.6 is 0 Å². The number of pyridine rings is 1. The van der Waals surface area contributed by atoms with Crippen molar-refractivity contribution in [1.82, 2.24) is 20.1 Å². The fourth-order valence-electron chi connectivity index (χ4n) is 3.72. The molecule has 1 amide bonds. The fourth-order valence-corrected chi connectivity index (χ4v) is 3.72. The number of aromatic nitrogens is 3. The highest BCUT2D eigenvalue weighted by molar-refractivity contribution is 5.94. The van der Waals surface area contributed by atoms with Crippen molar-refractivity contribution in [3.8, 4) is 34.5 Å². The van der Waals surface area contributed by atoms with Crippen LogP contribution in [0.25, 0.3) is 16.9 Å². The number of hydrogen-bond acceptors (Lipinski definition) is 5. The number of nitrogens with one attached hydrogen (secondary N) is 1. The van der Waals surface area contributed by atoms with E-state index in [0.717, 1.165) is 22.5 Å². The summed E-state index contributed by atoms with van der Waals surface area (Å²) in [5, 5.41) is 16.7. The van der Waals surface area contributed by atoms with Gasteiger partial charge in [0.1, 0.15) is 11.5 Å². The summed E-state index contributed by atoms with van der Waals surface area (Å²) in [5.41, 5.74) is 4.53. The van der Waals surface area contributed by atoms with E-state index in [1.165, 1.54) is 0 Å². The van der Waals surface area contributed by atoms with Crippen molar-refractivity contribution in [1.29, 1.82) is 5.26 Å². The molecular weight excluding hydrogens is 450 g/mol. The summed E-state index contributed by atoms with van der Waals surface area (Å²) >= 11 is 0. The van der Waals surface area contributed by atoms with Gasteiger partial charge in [0, 0.05) is 41.8 Å². The van der Waals surface area contributed by atoms with E-state index in [2.05, 4.69) is 16.4 Å². The van der Waals surface area contributed by atoms with Gasteiger partial charge in [-0.2, -0.15) is 10.4 Å². The summed E-state index contributed by atoms with van der Waals surface area (Å²) in [6.07, 6.45) is 5.37. The fraction of sp³-hybridized carbons (Fsp3) is 0.0345. The van der Waals surface area contributed by atoms with E-state index in [4.69, 9.17) is 15.1 Å². The average Bonchev–Trinajstić information content (AvgIpc) is 3.38. The molecule has 1 N–H and O–H groups in total. The molecule has 2 aromatic heterocycles. The highest BCUT2D eigenvalue weighted by atomic mass is 16.5. The zero-order valence-electron chi connectivity index (χ0n) is 19.2. The zero-order chi connectivity index (χ0) is 24.7. The molecule has 0 radical (unpaired) electrons. The summed E-state index contributed by atoms with van der Waals surface area (Å²) in [5.74, 6) is 0.886. The summed E-state index contributed by atoms with van der Waals surface area (Å²) < 4.78 is 7.66. The molecule has 0 fully saturated rings. The van der Waals surface area contributed by atoms with Crippen molar-refractivity contribution in [2.24, 2.45) is 0 Å². The molecule has 5 rings (SSSR count). The first-order valence-corrected chi connectivity index (χ1v) is 11.3. The highest BCUT2D eigenvalue weighted by Crippen LogP contribution is 2.25. The number of ether oxygens (including phenoxy) is 1. The molecule has 5 aromatic rings. The predicted octanol–water partition coefficient (Wildman–Crippen LogP) is 5.53. The van der Waals surface area contributed by atoms with E-state index in [-0.39, 0.29) is 5.91 Å². The summed E-state index contributed by atoms with van der Waals surface area (Å²) in [6, 6.07) is 29.5. The van der Waals surface area contributed by atoms with Crippen LogP contribution in [0.15, 0.2) is 110 Å². The number of benzene rings is 3. The number of hydrogen-bond donors (Lipinski definition) is 1. The molecule has 0 spiro atoms. The first kappa shape index (κ1) is 22.6. The summed E-state index contributed by atoms with van der Waals surface area (Å²) in [6.45, 7) is 0.296. The topological polar surface area (TPSA) is 92.8 Å². The maximum Gasteiger partial charge on any atom is 0.251 e. The third-order valence-corrected chi connectivity index (χ3v) is 5.52. The minimum absolute atomic E-state index is 0.228. The quantitative estimate of drug-likeness (QED) is 0.337. The molecule has 0 saturated heterocycles. The lowest BCUT2D eigenvalue weighted by atomic mass is 10.1. The van der Waals surface area contributed by atoms with Crippen LogP contribution in [0.1, 0.15) is 21.5 Å². The monoisotopic (exact) mass is 471 g/mol. The zero-order valence-corrected chi connectivity index (χ0v) is 19.2. The number of amides is 1. The molecule has 0 aliphatic rings. The normalized spacial score (nSPS) is 10.4. The molecule has 0 aliphatic carbocycles. The first-order valence-electron chi connectivity index (χ1n) is 11.3. The Kier molecular flexibility index (Phi) is 6.50. The summed E-state index contributed by atoms with van der Waals surface area (Å²) in [7, 11) is 0. The van der Waals surface area contributed by atoms with Crippen molar-refractivity contribution >= 4 is 5.91 Å². The van der Waals surface area contributed by atoms with Crippen molar-refractivity contribution < 1.29 is 9.53 Å². The number of nitrogens with zero attached hydrogens (tertiary/aromatic N) is 4. The van der Waals surface area contributed by atoms with Gasteiger partial charge >= 0.3 is 0 Å². The number of nitriles is 1. The van der Waals surface area contributed by atoms with Crippen LogP contribution in [0.5, 0.6) is 11.5 Å². The Bertz CT molecular complexity index is 1520. The standard InChI is InChI=1S/C29H21N5O2/c30-18-21-9-11-26(12-10-21)36-27-8-4-5-23(17-27)29(35)32-19-24-20-34(25-6-2-1-3-7-25)33-28(24)22-13-15-31-16-14-22/h1-17,20H,19H2,(H,32,35). The number of carbonyl (C=O) groups excluding carboxylic acids is 1. The van der Waals surface area contributed by atoms with Gasteiger partial charge in [0.05, 0.1) is 23.0 Å². The molecule has 7 heteroatoms. The molecule has 7 nitrogen and oxygen atoms in total. The van der Waals surface area contributed by atoms with Crippen LogP contribution in [0.2, 0.25) is 0 Å². The second-order valence-corrected chi connectivity index (χ2v) is 7.97. The molecule has 0 saturated carbocycles. The van der Waals surface area contributed by atoms with Crippen LogP contribution in [-0.2, 0) is 6.54 Å². The maximum absolute atomic E-state index is 13.0. The van der Waals surface area contributed by atoms with Gasteiger partial charge in [0.2, 0.25) is 0 Å². The van der Waals surface area contributed by atoms with Crippen LogP contribution in [0.3, 0.4) is 0 Å². The van der Waals surface area contributed by atoms with E-state index in [9.17, 15) is 4.79 Å². The van der Waals surface area contributed by atoms with E-state index >= 15 is 0 Å². The van der Waals surface area contributed by atoms with Gasteiger partial charge < -0.3 is 10.1 Å². The van der Waals surface area contributed by atoms with Crippen LogP contribution in [-0.4, -0.2) is 20.7 Å². The maximum atomic E-state index is 13.0. The number of para-hydroxylation sites is 1. The van der Waals surface area contributed by atoms with Crippen molar-refractivity contribution in [2.45, 2.75) is 6.54 Å². The van der Waals surface area contributed by atoms with E-state index in [0.29, 0.717) is 29.2 Å². The molecule has 0 atom stereocenters.